The average Bonchev–Trinajstić information content (AvgIpc) is 0.723. The van der Waals surface area contributed by atoms with Crippen LogP contribution in [0.15, 0.2) is 297 Å². The van der Waals surface area contributed by atoms with Gasteiger partial charge < -0.3 is 38.5 Å². The summed E-state index contributed by atoms with van der Waals surface area (Å²) in [4.78, 5) is 9.57. The van der Waals surface area contributed by atoms with E-state index in [1.54, 1.807) is 0 Å². The first-order valence-electron chi connectivity index (χ1n) is 30.4. The van der Waals surface area contributed by atoms with Crippen LogP contribution in [-0.2, 0) is 0 Å². The Morgan fingerprint density at radius 2 is 0.539 bits per heavy atom. The van der Waals surface area contributed by atoms with Gasteiger partial charge in [0.25, 0.3) is 20.1 Å². The maximum atomic E-state index is 7.69. The van der Waals surface area contributed by atoms with E-state index in [0.717, 1.165) is 163 Å². The van der Waals surface area contributed by atoms with E-state index in [9.17, 15) is 0 Å². The van der Waals surface area contributed by atoms with Crippen LogP contribution in [0.3, 0.4) is 0 Å². The van der Waals surface area contributed by atoms with Gasteiger partial charge in [0.05, 0.1) is 0 Å². The van der Waals surface area contributed by atoms with Crippen LogP contribution in [0.1, 0.15) is 0 Å². The number of rotatable bonds is 8. The fraction of sp³-hybridized carbons (Fsp3) is 0. The number of para-hydroxylation sites is 8. The van der Waals surface area contributed by atoms with Crippen molar-refractivity contribution in [1.29, 1.82) is 0 Å². The summed E-state index contributed by atoms with van der Waals surface area (Å²) < 4.78 is 29.9. The van der Waals surface area contributed by atoms with Crippen LogP contribution in [-0.4, -0.2) is 20.1 Å². The van der Waals surface area contributed by atoms with Gasteiger partial charge in [0.15, 0.2) is 0 Å². The summed E-state index contributed by atoms with van der Waals surface area (Å²) in [6, 6.07) is 106. The second-order valence-electron chi connectivity index (χ2n) is 23.4. The Balaban J connectivity index is 0.926. The zero-order chi connectivity index (χ0) is 58.3. The van der Waals surface area contributed by atoms with E-state index < -0.39 is 6.71 Å². The standard InChI is InChI=1S/C78H49B3N4O4/c1-5-24-50(25-6-1)82(51-26-7-2-8-27-51)54-32-21-34-56(46-54)84-62-40-23-41-63-72(62)81(73-64(84)48-70-75-77(73)88-68-44-19-15-38-60(68)79(75)58-36-13-17-42-66(58)86-70)74-65(49-71-76-78(74)89-69-45-20-16-39-61(69)80(76)59-37-14-18-43-67(59)87-71)85(63)57-35-22-33-55(47-57)83(52-28-9-3-10-29-52)53-30-11-4-12-31-53/h1-49H. The summed E-state index contributed by atoms with van der Waals surface area (Å²) in [7, 11) is 0. The molecule has 0 saturated carbocycles. The van der Waals surface area contributed by atoms with Crippen LogP contribution in [0, 0.1) is 0 Å². The van der Waals surface area contributed by atoms with Crippen molar-refractivity contribution in [3.05, 3.63) is 297 Å². The monoisotopic (exact) mass is 1140 g/mol. The van der Waals surface area contributed by atoms with Crippen molar-refractivity contribution in [2.24, 2.45) is 0 Å². The first kappa shape index (κ1) is 49.7. The van der Waals surface area contributed by atoms with Crippen molar-refractivity contribution in [3.8, 4) is 46.0 Å². The van der Waals surface area contributed by atoms with Crippen LogP contribution >= 0.6 is 0 Å². The molecule has 0 aromatic heterocycles. The molecular formula is C78H49B3N4O4. The molecule has 0 bridgehead atoms. The largest absolute Gasteiger partial charge is 0.459 e. The maximum absolute atomic E-state index is 7.69. The fourth-order valence-electron chi connectivity index (χ4n) is 15.1. The lowest BCUT2D eigenvalue weighted by Gasteiger charge is -2.47. The highest BCUT2D eigenvalue weighted by Gasteiger charge is 2.53. The normalized spacial score (nSPS) is 13.4. The van der Waals surface area contributed by atoms with Crippen LogP contribution in [0.2, 0.25) is 0 Å². The molecule has 0 atom stereocenters. The summed E-state index contributed by atoms with van der Waals surface area (Å²) in [6.07, 6.45) is 0. The molecule has 0 spiro atoms. The number of fused-ring (bicyclic) bond motifs is 14. The lowest BCUT2D eigenvalue weighted by Crippen LogP contribution is -2.66. The molecule has 0 aliphatic carbocycles. The van der Waals surface area contributed by atoms with Gasteiger partial charge in [-0.1, -0.05) is 164 Å². The van der Waals surface area contributed by atoms with Crippen LogP contribution < -0.4 is 87.7 Å². The first-order chi connectivity index (χ1) is 44.2. The molecule has 414 valence electrons. The quantitative estimate of drug-likeness (QED) is 0.140. The SMILES string of the molecule is c1ccc(N(c2ccccc2)c2cccc(N3c4cccc5c4B(c4c3cc3c6c4Oc4ccccc4B6c4ccccc4O3)c3c(cc4c6c3Oc3ccccc3B6c3ccccc3O4)N5c3cccc(N(c4ccccc4)c4ccccc4)c3)c2)cc1. The van der Waals surface area contributed by atoms with Crippen molar-refractivity contribution in [3.63, 3.8) is 0 Å². The predicted molar refractivity (Wildman–Crippen MR) is 365 cm³/mol. The van der Waals surface area contributed by atoms with Gasteiger partial charge in [0.1, 0.15) is 46.0 Å². The molecule has 8 nitrogen and oxygen atoms in total. The first-order valence-corrected chi connectivity index (χ1v) is 30.4. The van der Waals surface area contributed by atoms with Crippen molar-refractivity contribution in [2.75, 3.05) is 19.6 Å². The number of ether oxygens (including phenoxy) is 4. The van der Waals surface area contributed by atoms with Crippen LogP contribution in [0.5, 0.6) is 46.0 Å². The van der Waals surface area contributed by atoms with Gasteiger partial charge in [-0.15, -0.1) is 0 Å². The van der Waals surface area contributed by atoms with E-state index in [4.69, 9.17) is 18.9 Å². The van der Waals surface area contributed by atoms with Gasteiger partial charge in [-0.2, -0.15) is 0 Å². The smallest absolute Gasteiger partial charge is 0.261 e. The Bertz CT molecular complexity index is 4640. The molecule has 0 radical (unpaired) electrons. The molecule has 6 aliphatic rings. The summed E-state index contributed by atoms with van der Waals surface area (Å²) in [5.74, 6) is 6.35. The highest BCUT2D eigenvalue weighted by Crippen LogP contribution is 2.52. The van der Waals surface area contributed by atoms with Gasteiger partial charge in [-0.25, -0.2) is 0 Å². The van der Waals surface area contributed by atoms with E-state index in [2.05, 4.69) is 317 Å². The number of nitrogens with zero attached hydrogens (tertiary/aromatic N) is 4. The number of benzene rings is 13. The summed E-state index contributed by atoms with van der Waals surface area (Å²) in [6.45, 7) is -0.831. The third-order valence-electron chi connectivity index (χ3n) is 18.6. The highest BCUT2D eigenvalue weighted by atomic mass is 16.5. The Morgan fingerprint density at radius 3 is 0.910 bits per heavy atom. The fourth-order valence-corrected chi connectivity index (χ4v) is 15.1. The molecule has 0 amide bonds. The van der Waals surface area contributed by atoms with E-state index in [-0.39, 0.29) is 13.4 Å². The average molecular weight is 1140 g/mol. The lowest BCUT2D eigenvalue weighted by atomic mass is 9.29. The van der Waals surface area contributed by atoms with Crippen molar-refractivity contribution in [1.82, 2.24) is 0 Å². The van der Waals surface area contributed by atoms with E-state index >= 15 is 0 Å². The molecular weight excluding hydrogens is 1090 g/mol. The van der Waals surface area contributed by atoms with Crippen LogP contribution in [0.4, 0.5) is 68.2 Å². The van der Waals surface area contributed by atoms with Crippen molar-refractivity contribution >= 4 is 138 Å². The summed E-state index contributed by atoms with van der Waals surface area (Å²) in [5, 5.41) is 0. The molecule has 89 heavy (non-hydrogen) atoms. The Morgan fingerprint density at radius 1 is 0.225 bits per heavy atom. The predicted octanol–water partition coefficient (Wildman–Crippen LogP) is 14.2. The van der Waals surface area contributed by atoms with Gasteiger partial charge >= 0.3 is 0 Å². The number of anilines is 12. The summed E-state index contributed by atoms with van der Waals surface area (Å²) >= 11 is 0. The molecule has 0 saturated heterocycles. The molecule has 0 fully saturated rings. The highest BCUT2D eigenvalue weighted by molar-refractivity contribution is 7.05. The Kier molecular flexibility index (Phi) is 10.9. The third-order valence-corrected chi connectivity index (χ3v) is 18.6. The Labute approximate surface area is 516 Å². The lowest BCUT2D eigenvalue weighted by molar-refractivity contribution is 0.466. The van der Waals surface area contributed by atoms with Gasteiger partial charge in [0.2, 0.25) is 0 Å². The molecule has 0 N–H and O–H groups in total. The minimum atomic E-state index is -0.466. The van der Waals surface area contributed by atoms with Gasteiger partial charge in [-0.3, -0.25) is 0 Å². The third kappa shape index (κ3) is 7.45. The van der Waals surface area contributed by atoms with Crippen molar-refractivity contribution < 1.29 is 18.9 Å². The van der Waals surface area contributed by atoms with Gasteiger partial charge in [0, 0.05) is 91.3 Å². The van der Waals surface area contributed by atoms with E-state index in [1.165, 1.54) is 0 Å². The summed E-state index contributed by atoms with van der Waals surface area (Å²) in [5.41, 5.74) is 21.6. The minimum absolute atomic E-state index is 0.183. The van der Waals surface area contributed by atoms with E-state index in [0.29, 0.717) is 0 Å². The topological polar surface area (TPSA) is 49.9 Å². The molecule has 6 heterocycles. The molecule has 13 aromatic carbocycles. The molecule has 0 unspecified atom stereocenters. The molecule has 19 rings (SSSR count). The number of hydrogen-bond acceptors (Lipinski definition) is 8. The van der Waals surface area contributed by atoms with Crippen LogP contribution in [0.25, 0.3) is 0 Å². The van der Waals surface area contributed by atoms with Gasteiger partial charge in [-0.05, 0) is 160 Å². The van der Waals surface area contributed by atoms with Crippen molar-refractivity contribution in [2.45, 2.75) is 0 Å². The molecule has 11 heteroatoms. The number of hydrogen-bond donors (Lipinski definition) is 0. The molecule has 6 aliphatic heterocycles. The van der Waals surface area contributed by atoms with E-state index in [1.807, 2.05) is 0 Å². The maximum Gasteiger partial charge on any atom is 0.261 e. The second-order valence-corrected chi connectivity index (χ2v) is 23.4. The zero-order valence-electron chi connectivity index (χ0n) is 47.9. The molecule has 13 aromatic rings. The Hall–Kier alpha value is -11.5. The zero-order valence-corrected chi connectivity index (χ0v) is 47.9. The second kappa shape index (κ2) is 19.5. The minimum Gasteiger partial charge on any atom is -0.459 e.